The van der Waals surface area contributed by atoms with Gasteiger partial charge in [0.1, 0.15) is 0 Å². The molecule has 2 unspecified atom stereocenters. The summed E-state index contributed by atoms with van der Waals surface area (Å²) in [6.45, 7) is 6.20. The minimum Gasteiger partial charge on any atom is -0.354 e. The minimum atomic E-state index is 0.00775. The largest absolute Gasteiger partial charge is 0.354 e. The van der Waals surface area contributed by atoms with Crippen LogP contribution in [0.25, 0.3) is 0 Å². The molecule has 3 heteroatoms. The molecular formula is C11H24N2O. The van der Waals surface area contributed by atoms with E-state index in [0.29, 0.717) is 6.42 Å². The summed E-state index contributed by atoms with van der Waals surface area (Å²) in [6, 6.07) is 0.292. The van der Waals surface area contributed by atoms with Gasteiger partial charge in [-0.3, -0.25) is 4.79 Å². The first kappa shape index (κ1) is 13.4. The van der Waals surface area contributed by atoms with Crippen molar-refractivity contribution in [3.8, 4) is 0 Å². The summed E-state index contributed by atoms with van der Waals surface area (Å²) in [5, 5.41) is 2.96. The molecule has 0 radical (unpaired) electrons. The number of nitrogens with one attached hydrogen (secondary N) is 1. The molecule has 0 rings (SSSR count). The number of amides is 1. The zero-order chi connectivity index (χ0) is 11.0. The van der Waals surface area contributed by atoms with E-state index >= 15 is 0 Å². The summed E-state index contributed by atoms with van der Waals surface area (Å²) >= 11 is 0. The van der Waals surface area contributed by atoms with Crippen molar-refractivity contribution in [1.82, 2.24) is 5.32 Å². The lowest BCUT2D eigenvalue weighted by Gasteiger charge is -2.15. The molecule has 0 saturated carbocycles. The van der Waals surface area contributed by atoms with Crippen molar-refractivity contribution in [3.05, 3.63) is 0 Å². The van der Waals surface area contributed by atoms with Gasteiger partial charge in [0, 0.05) is 18.5 Å². The van der Waals surface area contributed by atoms with E-state index in [-0.39, 0.29) is 18.0 Å². The predicted octanol–water partition coefficient (Wildman–Crippen LogP) is 1.81. The van der Waals surface area contributed by atoms with Crippen molar-refractivity contribution in [1.29, 1.82) is 0 Å². The lowest BCUT2D eigenvalue weighted by Crippen LogP contribution is -2.36. The monoisotopic (exact) mass is 200 g/mol. The van der Waals surface area contributed by atoms with E-state index in [1.54, 1.807) is 0 Å². The maximum absolute atomic E-state index is 11.4. The molecule has 0 aromatic rings. The summed E-state index contributed by atoms with van der Waals surface area (Å²) in [5.74, 6) is 0.0861. The first-order valence-corrected chi connectivity index (χ1v) is 5.65. The highest BCUT2D eigenvalue weighted by atomic mass is 16.1. The highest BCUT2D eigenvalue weighted by molar-refractivity contribution is 5.76. The first-order valence-electron chi connectivity index (χ1n) is 5.65. The third kappa shape index (κ3) is 6.89. The quantitative estimate of drug-likeness (QED) is 0.658. The van der Waals surface area contributed by atoms with E-state index in [9.17, 15) is 4.79 Å². The van der Waals surface area contributed by atoms with E-state index in [1.807, 2.05) is 13.8 Å². The van der Waals surface area contributed by atoms with Crippen LogP contribution in [-0.2, 0) is 4.79 Å². The molecular weight excluding hydrogens is 176 g/mol. The first-order chi connectivity index (χ1) is 6.60. The van der Waals surface area contributed by atoms with Gasteiger partial charge in [0.25, 0.3) is 0 Å². The van der Waals surface area contributed by atoms with Gasteiger partial charge in [-0.25, -0.2) is 0 Å². The van der Waals surface area contributed by atoms with E-state index < -0.39 is 0 Å². The highest BCUT2D eigenvalue weighted by Gasteiger charge is 2.09. The van der Waals surface area contributed by atoms with E-state index in [2.05, 4.69) is 12.2 Å². The molecule has 3 N–H and O–H groups in total. The molecule has 0 aromatic heterocycles. The summed E-state index contributed by atoms with van der Waals surface area (Å²) < 4.78 is 0. The van der Waals surface area contributed by atoms with Crippen LogP contribution < -0.4 is 11.1 Å². The van der Waals surface area contributed by atoms with Gasteiger partial charge in [-0.2, -0.15) is 0 Å². The number of hydrogen-bond acceptors (Lipinski definition) is 2. The highest BCUT2D eigenvalue weighted by Crippen LogP contribution is 2.00. The van der Waals surface area contributed by atoms with Crippen molar-refractivity contribution in [2.75, 3.05) is 0 Å². The van der Waals surface area contributed by atoms with Crippen LogP contribution in [0.3, 0.4) is 0 Å². The van der Waals surface area contributed by atoms with Crippen LogP contribution in [0.4, 0.5) is 0 Å². The standard InChI is InChI=1S/C11H24N2O/c1-4-6-7-9(3)13-11(14)8-10(12)5-2/h9-10H,4-8,12H2,1-3H3,(H,13,14). The molecule has 0 aromatic carbocycles. The summed E-state index contributed by atoms with van der Waals surface area (Å²) in [6.07, 6.45) is 4.71. The van der Waals surface area contributed by atoms with Crippen molar-refractivity contribution >= 4 is 5.91 Å². The lowest BCUT2D eigenvalue weighted by atomic mass is 10.1. The minimum absolute atomic E-state index is 0.00775. The number of carbonyl (C=O) groups is 1. The SMILES string of the molecule is CCCCC(C)NC(=O)CC(N)CC. The molecule has 0 aliphatic heterocycles. The topological polar surface area (TPSA) is 55.1 Å². The number of carbonyl (C=O) groups excluding carboxylic acids is 1. The fourth-order valence-electron chi connectivity index (χ4n) is 1.30. The summed E-state index contributed by atoms with van der Waals surface area (Å²) in [7, 11) is 0. The number of rotatable bonds is 7. The Labute approximate surface area is 87.4 Å². The van der Waals surface area contributed by atoms with Gasteiger partial charge in [0.15, 0.2) is 0 Å². The van der Waals surface area contributed by atoms with Gasteiger partial charge in [-0.1, -0.05) is 26.7 Å². The van der Waals surface area contributed by atoms with Crippen molar-refractivity contribution < 1.29 is 4.79 Å². The number of unbranched alkanes of at least 4 members (excludes halogenated alkanes) is 1. The molecule has 14 heavy (non-hydrogen) atoms. The molecule has 1 amide bonds. The van der Waals surface area contributed by atoms with Crippen LogP contribution in [0.5, 0.6) is 0 Å². The smallest absolute Gasteiger partial charge is 0.221 e. The van der Waals surface area contributed by atoms with E-state index in [1.165, 1.54) is 12.8 Å². The molecule has 0 heterocycles. The van der Waals surface area contributed by atoms with Gasteiger partial charge >= 0.3 is 0 Å². The third-order valence-electron chi connectivity index (χ3n) is 2.37. The number of hydrogen-bond donors (Lipinski definition) is 2. The Morgan fingerprint density at radius 3 is 2.57 bits per heavy atom. The van der Waals surface area contributed by atoms with Crippen LogP contribution in [0.15, 0.2) is 0 Å². The molecule has 3 nitrogen and oxygen atoms in total. The Balaban J connectivity index is 3.60. The summed E-state index contributed by atoms with van der Waals surface area (Å²) in [4.78, 5) is 11.4. The van der Waals surface area contributed by atoms with Gasteiger partial charge in [0.2, 0.25) is 5.91 Å². The third-order valence-corrected chi connectivity index (χ3v) is 2.37. The Bertz CT molecular complexity index is 159. The zero-order valence-corrected chi connectivity index (χ0v) is 9.68. The van der Waals surface area contributed by atoms with E-state index in [0.717, 1.165) is 12.8 Å². The van der Waals surface area contributed by atoms with Gasteiger partial charge in [-0.15, -0.1) is 0 Å². The Hall–Kier alpha value is -0.570. The van der Waals surface area contributed by atoms with Crippen molar-refractivity contribution in [3.63, 3.8) is 0 Å². The van der Waals surface area contributed by atoms with Crippen molar-refractivity contribution in [2.45, 2.75) is 65.0 Å². The fraction of sp³-hybridized carbons (Fsp3) is 0.909. The van der Waals surface area contributed by atoms with Crippen LogP contribution in [0.1, 0.15) is 52.9 Å². The van der Waals surface area contributed by atoms with Crippen molar-refractivity contribution in [2.24, 2.45) is 5.73 Å². The molecule has 0 saturated heterocycles. The predicted molar refractivity (Wildman–Crippen MR) is 60.0 cm³/mol. The van der Waals surface area contributed by atoms with E-state index in [4.69, 9.17) is 5.73 Å². The van der Waals surface area contributed by atoms with Crippen LogP contribution in [0, 0.1) is 0 Å². The Morgan fingerprint density at radius 1 is 1.43 bits per heavy atom. The zero-order valence-electron chi connectivity index (χ0n) is 9.68. The fourth-order valence-corrected chi connectivity index (χ4v) is 1.30. The molecule has 0 fully saturated rings. The second kappa shape index (κ2) is 7.80. The number of nitrogens with two attached hydrogens (primary N) is 1. The molecule has 0 aliphatic rings. The molecule has 2 atom stereocenters. The molecule has 0 spiro atoms. The average Bonchev–Trinajstić information content (AvgIpc) is 2.14. The van der Waals surface area contributed by atoms with Gasteiger partial charge < -0.3 is 11.1 Å². The Kier molecular flexibility index (Phi) is 7.48. The molecule has 0 aliphatic carbocycles. The normalized spacial score (nSPS) is 14.9. The molecule has 0 bridgehead atoms. The van der Waals surface area contributed by atoms with Gasteiger partial charge in [0.05, 0.1) is 0 Å². The molecule has 84 valence electrons. The maximum atomic E-state index is 11.4. The second-order valence-corrected chi connectivity index (χ2v) is 3.98. The van der Waals surface area contributed by atoms with Crippen LogP contribution in [-0.4, -0.2) is 18.0 Å². The average molecular weight is 200 g/mol. The van der Waals surface area contributed by atoms with Gasteiger partial charge in [-0.05, 0) is 19.8 Å². The lowest BCUT2D eigenvalue weighted by molar-refractivity contribution is -0.122. The Morgan fingerprint density at radius 2 is 2.07 bits per heavy atom. The van der Waals surface area contributed by atoms with Crippen LogP contribution in [0.2, 0.25) is 0 Å². The summed E-state index contributed by atoms with van der Waals surface area (Å²) in [5.41, 5.74) is 5.69. The second-order valence-electron chi connectivity index (χ2n) is 3.98. The maximum Gasteiger partial charge on any atom is 0.221 e. The van der Waals surface area contributed by atoms with Crippen LogP contribution >= 0.6 is 0 Å².